The summed E-state index contributed by atoms with van der Waals surface area (Å²) in [6.07, 6.45) is 0. The maximum absolute atomic E-state index is 12.6. The van der Waals surface area contributed by atoms with E-state index in [0.717, 1.165) is 19.0 Å². The first-order valence-corrected chi connectivity index (χ1v) is 8.79. The second-order valence-electron chi connectivity index (χ2n) is 4.87. The van der Waals surface area contributed by atoms with Gasteiger partial charge >= 0.3 is 0 Å². The number of benzene rings is 2. The molecule has 0 saturated carbocycles. The third-order valence-electron chi connectivity index (χ3n) is 3.49. The summed E-state index contributed by atoms with van der Waals surface area (Å²) in [6, 6.07) is 11.1. The van der Waals surface area contributed by atoms with Gasteiger partial charge in [-0.3, -0.25) is 4.79 Å². The molecule has 3 aromatic rings. The van der Waals surface area contributed by atoms with Gasteiger partial charge in [-0.05, 0) is 36.4 Å². The van der Waals surface area contributed by atoms with E-state index in [1.165, 1.54) is 11.3 Å². The predicted molar refractivity (Wildman–Crippen MR) is 95.9 cm³/mol. The summed E-state index contributed by atoms with van der Waals surface area (Å²) in [4.78, 5) is 17.5. The first-order chi connectivity index (χ1) is 10.5. The molecule has 1 aliphatic rings. The van der Waals surface area contributed by atoms with E-state index in [2.05, 4.69) is 36.9 Å². The molecule has 22 heavy (non-hydrogen) atoms. The number of carbonyl (C=O) groups is 1. The summed E-state index contributed by atoms with van der Waals surface area (Å²) in [6.45, 7) is 0. The number of carbonyl (C=O) groups excluding carboxylic acids is 1. The number of hydrogen-bond donors (Lipinski definition) is 1. The van der Waals surface area contributed by atoms with Crippen molar-refractivity contribution in [3.8, 4) is 5.75 Å². The van der Waals surface area contributed by atoms with Gasteiger partial charge < -0.3 is 5.11 Å². The molecule has 2 heterocycles. The number of fused-ring (bicyclic) bond motifs is 2. The second-order valence-corrected chi connectivity index (χ2v) is 7.75. The lowest BCUT2D eigenvalue weighted by Gasteiger charge is -1.97. The third kappa shape index (κ3) is 2.06. The number of nitrogens with zero attached hydrogens (tertiary/aromatic N) is 1. The highest BCUT2D eigenvalue weighted by Crippen LogP contribution is 2.41. The Balaban J connectivity index is 1.91. The van der Waals surface area contributed by atoms with Gasteiger partial charge in [0.2, 0.25) is 5.78 Å². The van der Waals surface area contributed by atoms with Crippen LogP contribution < -0.4 is 0 Å². The van der Waals surface area contributed by atoms with E-state index in [0.29, 0.717) is 21.8 Å². The highest BCUT2D eigenvalue weighted by Gasteiger charge is 2.29. The fraction of sp³-hybridized carbons (Fsp3) is 0. The van der Waals surface area contributed by atoms with Crippen LogP contribution >= 0.6 is 43.2 Å². The van der Waals surface area contributed by atoms with E-state index in [-0.39, 0.29) is 11.5 Å². The van der Waals surface area contributed by atoms with Crippen molar-refractivity contribution >= 4 is 70.5 Å². The normalized spacial score (nSPS) is 13.5. The molecule has 0 unspecified atom stereocenters. The van der Waals surface area contributed by atoms with Crippen LogP contribution in [-0.2, 0) is 0 Å². The Kier molecular flexibility index (Phi) is 3.21. The van der Waals surface area contributed by atoms with Crippen LogP contribution in [-0.4, -0.2) is 16.6 Å². The molecular weight excluding hydrogens is 430 g/mol. The van der Waals surface area contributed by atoms with Crippen molar-refractivity contribution in [2.45, 2.75) is 0 Å². The zero-order valence-electron chi connectivity index (χ0n) is 10.9. The van der Waals surface area contributed by atoms with E-state index >= 15 is 0 Å². The van der Waals surface area contributed by atoms with Gasteiger partial charge in [0, 0.05) is 19.0 Å². The number of rotatable bonds is 1. The minimum Gasteiger partial charge on any atom is -0.506 e. The van der Waals surface area contributed by atoms with Gasteiger partial charge in [-0.2, -0.15) is 0 Å². The first-order valence-electron chi connectivity index (χ1n) is 6.39. The number of thiophene rings is 1. The molecule has 3 nitrogen and oxygen atoms in total. The van der Waals surface area contributed by atoms with Crippen LogP contribution in [0.4, 0.5) is 5.69 Å². The summed E-state index contributed by atoms with van der Waals surface area (Å²) < 4.78 is 2.63. The van der Waals surface area contributed by atoms with Crippen LogP contribution in [0.25, 0.3) is 10.1 Å². The molecule has 6 heteroatoms. The molecule has 4 rings (SSSR count). The maximum Gasteiger partial charge on any atom is 0.215 e. The molecule has 0 saturated heterocycles. The Hall–Kier alpha value is -1.50. The zero-order valence-corrected chi connectivity index (χ0v) is 14.9. The summed E-state index contributed by atoms with van der Waals surface area (Å²) in [5, 5.41) is 11.2. The van der Waals surface area contributed by atoms with Crippen molar-refractivity contribution in [1.29, 1.82) is 0 Å². The number of halogens is 2. The lowest BCUT2D eigenvalue weighted by atomic mass is 10.1. The molecule has 0 atom stereocenters. The highest BCUT2D eigenvalue weighted by atomic mass is 79.9. The zero-order chi connectivity index (χ0) is 15.4. The molecule has 0 bridgehead atoms. The van der Waals surface area contributed by atoms with E-state index in [1.807, 2.05) is 24.3 Å². The minimum absolute atomic E-state index is 0.111. The molecule has 1 aliphatic heterocycles. The minimum atomic E-state index is -0.155. The molecule has 1 aromatic heterocycles. The Morgan fingerprint density at radius 2 is 1.77 bits per heavy atom. The summed E-state index contributed by atoms with van der Waals surface area (Å²) >= 11 is 8.13. The summed E-state index contributed by atoms with van der Waals surface area (Å²) in [5.74, 6) is -0.0440. The van der Waals surface area contributed by atoms with E-state index in [9.17, 15) is 9.90 Å². The van der Waals surface area contributed by atoms with Crippen molar-refractivity contribution in [3.63, 3.8) is 0 Å². The van der Waals surface area contributed by atoms with Crippen molar-refractivity contribution in [3.05, 3.63) is 55.8 Å². The largest absolute Gasteiger partial charge is 0.506 e. The molecular formula is C16H7Br2NO2S. The molecule has 1 N–H and O–H groups in total. The van der Waals surface area contributed by atoms with Crippen molar-refractivity contribution in [1.82, 2.24) is 0 Å². The van der Waals surface area contributed by atoms with E-state index in [1.54, 1.807) is 12.1 Å². The lowest BCUT2D eigenvalue weighted by molar-refractivity contribution is 0.107. The SMILES string of the molecule is O=C1C(c2sc3ccc(Br)cc3c2O)=Nc2ccc(Br)cc21. The average molecular weight is 437 g/mol. The van der Waals surface area contributed by atoms with Gasteiger partial charge in [0.1, 0.15) is 11.5 Å². The quantitative estimate of drug-likeness (QED) is 0.551. The van der Waals surface area contributed by atoms with Crippen LogP contribution in [0.1, 0.15) is 15.2 Å². The Morgan fingerprint density at radius 1 is 1.05 bits per heavy atom. The van der Waals surface area contributed by atoms with Gasteiger partial charge in [-0.15, -0.1) is 11.3 Å². The smallest absolute Gasteiger partial charge is 0.215 e. The Morgan fingerprint density at radius 3 is 2.59 bits per heavy atom. The number of aromatic hydroxyl groups is 1. The Labute approximate surface area is 146 Å². The molecule has 0 radical (unpaired) electrons. The van der Waals surface area contributed by atoms with Gasteiger partial charge in [0.25, 0.3) is 0 Å². The lowest BCUT2D eigenvalue weighted by Crippen LogP contribution is -2.09. The van der Waals surface area contributed by atoms with E-state index in [4.69, 9.17) is 0 Å². The summed E-state index contributed by atoms with van der Waals surface area (Å²) in [7, 11) is 0. The van der Waals surface area contributed by atoms with Crippen molar-refractivity contribution in [2.24, 2.45) is 4.99 Å². The number of ketones is 1. The average Bonchev–Trinajstić information content (AvgIpc) is 2.98. The monoisotopic (exact) mass is 435 g/mol. The molecule has 0 spiro atoms. The van der Waals surface area contributed by atoms with Crippen LogP contribution in [0, 0.1) is 0 Å². The molecule has 0 amide bonds. The first kappa shape index (κ1) is 14.1. The molecule has 0 aliphatic carbocycles. The van der Waals surface area contributed by atoms with Gasteiger partial charge in [0.05, 0.1) is 16.1 Å². The number of aliphatic imine (C=N–C) groups is 1. The Bertz CT molecular complexity index is 991. The summed E-state index contributed by atoms with van der Waals surface area (Å²) in [5.41, 5.74) is 1.51. The molecule has 0 fully saturated rings. The number of Topliss-reactive ketones (excluding diaryl/α,β-unsaturated/α-hetero) is 1. The van der Waals surface area contributed by atoms with Crippen LogP contribution in [0.2, 0.25) is 0 Å². The van der Waals surface area contributed by atoms with Gasteiger partial charge in [0.15, 0.2) is 0 Å². The topological polar surface area (TPSA) is 49.7 Å². The fourth-order valence-corrected chi connectivity index (χ4v) is 4.24. The maximum atomic E-state index is 12.6. The van der Waals surface area contributed by atoms with Crippen molar-refractivity contribution < 1.29 is 9.90 Å². The molecule has 2 aromatic carbocycles. The van der Waals surface area contributed by atoms with Gasteiger partial charge in [-0.1, -0.05) is 31.9 Å². The standard InChI is InChI=1S/C16H7Br2NO2S/c17-7-1-3-11-9(5-7)14(20)13(19-11)16-15(21)10-6-8(18)2-4-12(10)22-16/h1-6,21H. The second kappa shape index (κ2) is 5.01. The number of hydrogen-bond acceptors (Lipinski definition) is 4. The van der Waals surface area contributed by atoms with Crippen molar-refractivity contribution in [2.75, 3.05) is 0 Å². The van der Waals surface area contributed by atoms with Crippen LogP contribution in [0.5, 0.6) is 5.75 Å². The van der Waals surface area contributed by atoms with Gasteiger partial charge in [-0.25, -0.2) is 4.99 Å². The predicted octanol–water partition coefficient (Wildman–Crippen LogP) is 5.45. The fourth-order valence-electron chi connectivity index (χ4n) is 2.46. The third-order valence-corrected chi connectivity index (χ3v) is 5.64. The van der Waals surface area contributed by atoms with Crippen LogP contribution in [0.15, 0.2) is 50.3 Å². The molecule has 108 valence electrons. The van der Waals surface area contributed by atoms with Crippen LogP contribution in [0.3, 0.4) is 0 Å². The highest BCUT2D eigenvalue weighted by molar-refractivity contribution is 9.10. The van der Waals surface area contributed by atoms with E-state index < -0.39 is 0 Å².